The van der Waals surface area contributed by atoms with Crippen LogP contribution in [-0.2, 0) is 11.3 Å². The van der Waals surface area contributed by atoms with Crippen LogP contribution in [0.5, 0.6) is 0 Å². The Bertz CT molecular complexity index is 1210. The number of anilines is 3. The van der Waals surface area contributed by atoms with Gasteiger partial charge in [-0.05, 0) is 50.3 Å². The van der Waals surface area contributed by atoms with Gasteiger partial charge in [0.25, 0.3) is 5.56 Å². The summed E-state index contributed by atoms with van der Waals surface area (Å²) in [6.07, 6.45) is 3.59. The molecule has 2 aromatic heterocycles. The molecule has 1 aromatic carbocycles. The van der Waals surface area contributed by atoms with Gasteiger partial charge in [-0.15, -0.1) is 0 Å². The number of fused-ring (bicyclic) bond motifs is 1. The van der Waals surface area contributed by atoms with Crippen molar-refractivity contribution in [3.8, 4) is 0 Å². The highest BCUT2D eigenvalue weighted by atomic mass is 16.5. The van der Waals surface area contributed by atoms with Crippen LogP contribution < -0.4 is 21.1 Å². The molecule has 2 N–H and O–H groups in total. The largest absolute Gasteiger partial charge is 0.501 e. The van der Waals surface area contributed by atoms with Gasteiger partial charge < -0.3 is 20.3 Å². The van der Waals surface area contributed by atoms with Gasteiger partial charge in [0.15, 0.2) is 0 Å². The molecule has 8 heteroatoms. The quantitative estimate of drug-likeness (QED) is 0.641. The van der Waals surface area contributed by atoms with Crippen molar-refractivity contribution >= 4 is 28.4 Å². The van der Waals surface area contributed by atoms with Crippen LogP contribution in [-0.4, -0.2) is 47.3 Å². The van der Waals surface area contributed by atoms with E-state index in [0.717, 1.165) is 48.5 Å². The molecule has 2 aliphatic rings. The highest BCUT2D eigenvalue weighted by Gasteiger charge is 2.21. The van der Waals surface area contributed by atoms with Crippen molar-refractivity contribution in [1.82, 2.24) is 19.9 Å². The molecule has 4 heterocycles. The van der Waals surface area contributed by atoms with Gasteiger partial charge in [0, 0.05) is 61.0 Å². The monoisotopic (exact) mass is 432 g/mol. The van der Waals surface area contributed by atoms with E-state index >= 15 is 0 Å². The van der Waals surface area contributed by atoms with Crippen LogP contribution in [0.1, 0.15) is 24.1 Å². The second kappa shape index (κ2) is 8.63. The number of aryl methyl sites for hydroxylation is 2. The molecule has 166 valence electrons. The molecule has 8 nitrogen and oxygen atoms in total. The minimum atomic E-state index is -0.0314. The van der Waals surface area contributed by atoms with Crippen LogP contribution in [0.25, 0.3) is 11.0 Å². The number of hydrogen-bond donors (Lipinski definition) is 2. The number of nitrogens with zero attached hydrogens (tertiary/aromatic N) is 4. The molecule has 0 amide bonds. The zero-order valence-corrected chi connectivity index (χ0v) is 18.5. The van der Waals surface area contributed by atoms with E-state index in [0.29, 0.717) is 24.7 Å². The third kappa shape index (κ3) is 3.82. The van der Waals surface area contributed by atoms with Crippen molar-refractivity contribution in [2.75, 3.05) is 43.0 Å². The molecule has 0 spiro atoms. The summed E-state index contributed by atoms with van der Waals surface area (Å²) < 4.78 is 7.07. The fourth-order valence-corrected chi connectivity index (χ4v) is 4.39. The van der Waals surface area contributed by atoms with Crippen LogP contribution in [0.15, 0.2) is 47.5 Å². The van der Waals surface area contributed by atoms with E-state index in [4.69, 9.17) is 9.72 Å². The fourth-order valence-electron chi connectivity index (χ4n) is 4.39. The normalized spacial score (nSPS) is 18.2. The number of ether oxygens (including phenoxy) is 1. The predicted octanol–water partition coefficient (Wildman–Crippen LogP) is 2.90. The van der Waals surface area contributed by atoms with E-state index < -0.39 is 0 Å². The van der Waals surface area contributed by atoms with Crippen LogP contribution >= 0.6 is 0 Å². The summed E-state index contributed by atoms with van der Waals surface area (Å²) in [6.45, 7) is 8.99. The molecule has 2 aliphatic heterocycles. The lowest BCUT2D eigenvalue weighted by Crippen LogP contribution is -2.43. The van der Waals surface area contributed by atoms with Crippen LogP contribution in [0, 0.1) is 6.92 Å². The lowest BCUT2D eigenvalue weighted by atomic mass is 10.0. The van der Waals surface area contributed by atoms with Crippen molar-refractivity contribution in [2.24, 2.45) is 0 Å². The lowest BCUT2D eigenvalue weighted by molar-refractivity contribution is 0.269. The Balaban J connectivity index is 1.46. The maximum atomic E-state index is 13.2. The van der Waals surface area contributed by atoms with Crippen LogP contribution in [0.4, 0.5) is 17.3 Å². The summed E-state index contributed by atoms with van der Waals surface area (Å²) in [7, 11) is 0. The van der Waals surface area contributed by atoms with Crippen molar-refractivity contribution in [1.29, 1.82) is 0 Å². The first kappa shape index (κ1) is 20.5. The molecule has 1 atom stereocenters. The first-order valence-corrected chi connectivity index (χ1v) is 11.2. The molecule has 0 bridgehead atoms. The third-order valence-corrected chi connectivity index (χ3v) is 6.17. The van der Waals surface area contributed by atoms with Gasteiger partial charge in [-0.2, -0.15) is 4.98 Å². The first-order chi connectivity index (χ1) is 15.6. The minimum absolute atomic E-state index is 0.0235. The molecule has 5 rings (SSSR count). The summed E-state index contributed by atoms with van der Waals surface area (Å²) in [5.41, 5.74) is 4.31. The first-order valence-electron chi connectivity index (χ1n) is 11.2. The summed E-state index contributed by atoms with van der Waals surface area (Å²) in [4.78, 5) is 24.9. The van der Waals surface area contributed by atoms with Gasteiger partial charge in [0.1, 0.15) is 5.65 Å². The number of benzene rings is 1. The molecule has 1 saturated heterocycles. The number of hydrogen-bond acceptors (Lipinski definition) is 7. The lowest BCUT2D eigenvalue weighted by Gasteiger charge is -2.29. The molecule has 0 saturated carbocycles. The Labute approximate surface area is 186 Å². The summed E-state index contributed by atoms with van der Waals surface area (Å²) in [6, 6.07) is 10.3. The average Bonchev–Trinajstić information content (AvgIpc) is 3.35. The molecule has 3 aromatic rings. The number of rotatable bonds is 5. The Morgan fingerprint density at radius 2 is 1.97 bits per heavy atom. The zero-order valence-electron chi connectivity index (χ0n) is 18.5. The van der Waals surface area contributed by atoms with E-state index in [1.807, 2.05) is 38.1 Å². The van der Waals surface area contributed by atoms with E-state index in [9.17, 15) is 4.79 Å². The molecule has 0 radical (unpaired) electrons. The summed E-state index contributed by atoms with van der Waals surface area (Å²) >= 11 is 0. The van der Waals surface area contributed by atoms with E-state index in [1.165, 1.54) is 5.69 Å². The van der Waals surface area contributed by atoms with E-state index in [-0.39, 0.29) is 11.5 Å². The highest BCUT2D eigenvalue weighted by Crippen LogP contribution is 2.26. The van der Waals surface area contributed by atoms with Gasteiger partial charge >= 0.3 is 0 Å². The minimum Gasteiger partial charge on any atom is -0.501 e. The maximum Gasteiger partial charge on any atom is 0.256 e. The molecule has 32 heavy (non-hydrogen) atoms. The highest BCUT2D eigenvalue weighted by molar-refractivity contribution is 5.80. The Morgan fingerprint density at radius 3 is 2.66 bits per heavy atom. The van der Waals surface area contributed by atoms with E-state index in [1.54, 1.807) is 10.8 Å². The van der Waals surface area contributed by atoms with Crippen LogP contribution in [0.3, 0.4) is 0 Å². The summed E-state index contributed by atoms with van der Waals surface area (Å²) in [5.74, 6) is 0.458. The van der Waals surface area contributed by atoms with Crippen LogP contribution in [0.2, 0.25) is 0 Å². The van der Waals surface area contributed by atoms with Gasteiger partial charge in [0.2, 0.25) is 5.95 Å². The third-order valence-electron chi connectivity index (χ3n) is 6.17. The molecule has 0 aliphatic carbocycles. The number of piperazine rings is 1. The van der Waals surface area contributed by atoms with Gasteiger partial charge in [-0.3, -0.25) is 9.36 Å². The molecule has 1 unspecified atom stereocenters. The summed E-state index contributed by atoms with van der Waals surface area (Å²) in [5, 5.41) is 7.57. The second-order valence-corrected chi connectivity index (χ2v) is 8.20. The van der Waals surface area contributed by atoms with Crippen molar-refractivity contribution in [3.63, 3.8) is 0 Å². The van der Waals surface area contributed by atoms with Gasteiger partial charge in [0.05, 0.1) is 18.6 Å². The van der Waals surface area contributed by atoms with Gasteiger partial charge in [-0.25, -0.2) is 4.98 Å². The predicted molar refractivity (Wildman–Crippen MR) is 127 cm³/mol. The number of pyridine rings is 1. The molecular weight excluding hydrogens is 404 g/mol. The van der Waals surface area contributed by atoms with Crippen molar-refractivity contribution < 1.29 is 4.74 Å². The van der Waals surface area contributed by atoms with Crippen molar-refractivity contribution in [2.45, 2.75) is 26.3 Å². The van der Waals surface area contributed by atoms with Gasteiger partial charge in [-0.1, -0.05) is 0 Å². The van der Waals surface area contributed by atoms with Crippen molar-refractivity contribution in [3.05, 3.63) is 64.3 Å². The Morgan fingerprint density at radius 1 is 1.19 bits per heavy atom. The maximum absolute atomic E-state index is 13.2. The number of aromatic nitrogens is 3. The standard InChI is InChI=1S/C24H28N6O2/c1-3-30-22-20(14-21(23(30)31)17-8-13-32-15-17)16(2)26-24(28-22)27-18-4-6-19(7-5-18)29-11-9-25-10-12-29/h4-8,13-14,17,25H,3,9-12,15H2,1-2H3,(H,26,27,28). The molecular formula is C24H28N6O2. The fraction of sp³-hybridized carbons (Fsp3) is 0.375. The number of nitrogens with one attached hydrogen (secondary N) is 2. The SMILES string of the molecule is CCn1c(=O)c(C2C=COC2)cc2c(C)nc(Nc3ccc(N4CCNCC4)cc3)nc21. The Kier molecular flexibility index (Phi) is 5.53. The topological polar surface area (TPSA) is 84.3 Å². The molecule has 1 fully saturated rings. The second-order valence-electron chi connectivity index (χ2n) is 8.20. The Hall–Kier alpha value is -3.39. The van der Waals surface area contributed by atoms with E-state index in [2.05, 4.69) is 32.7 Å². The average molecular weight is 433 g/mol. The zero-order chi connectivity index (χ0) is 22.1. The smallest absolute Gasteiger partial charge is 0.256 e.